The number of benzene rings is 2. The number of thioether (sulfide) groups is 1. The van der Waals surface area contributed by atoms with Crippen LogP contribution >= 0.6 is 11.8 Å². The normalized spacial score (nSPS) is 16.2. The molecule has 6 heteroatoms. The molecule has 0 saturated heterocycles. The fourth-order valence-electron chi connectivity index (χ4n) is 3.88. The molecule has 0 N–H and O–H groups in total. The van der Waals surface area contributed by atoms with Crippen LogP contribution in [0.3, 0.4) is 0 Å². The lowest BCUT2D eigenvalue weighted by atomic mass is 10.1. The zero-order valence-corrected chi connectivity index (χ0v) is 17.2. The molecule has 0 spiro atoms. The van der Waals surface area contributed by atoms with E-state index in [4.69, 9.17) is 0 Å². The van der Waals surface area contributed by atoms with Crippen molar-refractivity contribution in [2.45, 2.75) is 23.1 Å². The molecule has 4 aromatic rings. The number of halogens is 1. The second-order valence-electron chi connectivity index (χ2n) is 7.26. The zero-order valence-electron chi connectivity index (χ0n) is 16.4. The largest absolute Gasteiger partial charge is 0.365 e. The average molecular weight is 417 g/mol. The van der Waals surface area contributed by atoms with Crippen molar-refractivity contribution >= 4 is 17.4 Å². The van der Waals surface area contributed by atoms with Crippen LogP contribution in [0.5, 0.6) is 0 Å². The van der Waals surface area contributed by atoms with Gasteiger partial charge in [-0.05, 0) is 54.4 Å². The molecule has 30 heavy (non-hydrogen) atoms. The number of para-hydroxylation sites is 1. The average Bonchev–Trinajstić information content (AvgIpc) is 3.16. The Kier molecular flexibility index (Phi) is 5.24. The fraction of sp³-hybridized carbons (Fsp3) is 0.167. The number of hydrogen-bond acceptors (Lipinski definition) is 4. The van der Waals surface area contributed by atoms with Gasteiger partial charge >= 0.3 is 0 Å². The Morgan fingerprint density at radius 2 is 1.83 bits per heavy atom. The molecule has 2 aromatic carbocycles. The fourth-order valence-corrected chi connectivity index (χ4v) is 5.17. The first kappa shape index (κ1) is 18.9. The van der Waals surface area contributed by atoms with E-state index in [9.17, 15) is 4.39 Å². The summed E-state index contributed by atoms with van der Waals surface area (Å²) in [5.41, 5.74) is 3.38. The van der Waals surface area contributed by atoms with Crippen LogP contribution in [-0.2, 0) is 6.54 Å². The van der Waals surface area contributed by atoms with E-state index in [2.05, 4.69) is 45.2 Å². The summed E-state index contributed by atoms with van der Waals surface area (Å²) >= 11 is 1.82. The SMILES string of the molecule is Fc1cccc(C2CCN(Cc3cccn3-c3ncccn3)c3ccccc3S2)c1. The van der Waals surface area contributed by atoms with Gasteiger partial charge in [0, 0.05) is 41.0 Å². The third-order valence-electron chi connectivity index (χ3n) is 5.31. The highest BCUT2D eigenvalue weighted by Crippen LogP contribution is 2.45. The molecule has 5 rings (SSSR count). The molecule has 0 saturated carbocycles. The molecule has 1 aliphatic heterocycles. The van der Waals surface area contributed by atoms with Gasteiger partial charge in [0.1, 0.15) is 5.82 Å². The summed E-state index contributed by atoms with van der Waals surface area (Å²) < 4.78 is 15.9. The van der Waals surface area contributed by atoms with Gasteiger partial charge in [-0.25, -0.2) is 14.4 Å². The monoisotopic (exact) mass is 416 g/mol. The Morgan fingerprint density at radius 3 is 2.70 bits per heavy atom. The van der Waals surface area contributed by atoms with Crippen molar-refractivity contribution in [1.82, 2.24) is 14.5 Å². The molecule has 0 radical (unpaired) electrons. The van der Waals surface area contributed by atoms with Crippen LogP contribution in [0.25, 0.3) is 5.95 Å². The summed E-state index contributed by atoms with van der Waals surface area (Å²) in [7, 11) is 0. The molecule has 1 aliphatic rings. The number of anilines is 1. The van der Waals surface area contributed by atoms with E-state index >= 15 is 0 Å². The lowest BCUT2D eigenvalue weighted by Gasteiger charge is -2.25. The van der Waals surface area contributed by atoms with E-state index in [1.807, 2.05) is 40.7 Å². The molecule has 0 amide bonds. The van der Waals surface area contributed by atoms with Gasteiger partial charge in [0.25, 0.3) is 0 Å². The van der Waals surface area contributed by atoms with Crippen molar-refractivity contribution in [2.75, 3.05) is 11.4 Å². The van der Waals surface area contributed by atoms with E-state index in [0.717, 1.165) is 30.8 Å². The van der Waals surface area contributed by atoms with Crippen LogP contribution in [0.15, 0.2) is 90.2 Å². The summed E-state index contributed by atoms with van der Waals surface area (Å²) in [6, 6.07) is 21.4. The Bertz CT molecular complexity index is 1140. The first-order chi connectivity index (χ1) is 14.8. The molecule has 2 aromatic heterocycles. The van der Waals surface area contributed by atoms with Crippen LogP contribution < -0.4 is 4.90 Å². The predicted octanol–water partition coefficient (Wildman–Crippen LogP) is 5.65. The highest BCUT2D eigenvalue weighted by atomic mass is 32.2. The van der Waals surface area contributed by atoms with Crippen molar-refractivity contribution in [3.63, 3.8) is 0 Å². The molecule has 1 atom stereocenters. The highest BCUT2D eigenvalue weighted by molar-refractivity contribution is 7.99. The Morgan fingerprint density at radius 1 is 0.967 bits per heavy atom. The minimum Gasteiger partial charge on any atom is -0.365 e. The first-order valence-electron chi connectivity index (χ1n) is 9.98. The van der Waals surface area contributed by atoms with E-state index in [0.29, 0.717) is 5.95 Å². The lowest BCUT2D eigenvalue weighted by molar-refractivity contribution is 0.623. The molecule has 0 aliphatic carbocycles. The van der Waals surface area contributed by atoms with E-state index in [1.165, 1.54) is 16.6 Å². The molecule has 4 nitrogen and oxygen atoms in total. The van der Waals surface area contributed by atoms with Crippen LogP contribution in [-0.4, -0.2) is 21.1 Å². The van der Waals surface area contributed by atoms with E-state index < -0.39 is 0 Å². The Hall–Kier alpha value is -3.12. The summed E-state index contributed by atoms with van der Waals surface area (Å²) in [4.78, 5) is 12.4. The summed E-state index contributed by atoms with van der Waals surface area (Å²) in [5, 5.41) is 0.219. The van der Waals surface area contributed by atoms with Crippen LogP contribution in [0.4, 0.5) is 10.1 Å². The minimum absolute atomic E-state index is 0.178. The van der Waals surface area contributed by atoms with Gasteiger partial charge in [-0.15, -0.1) is 11.8 Å². The number of rotatable bonds is 4. The second-order valence-corrected chi connectivity index (χ2v) is 8.50. The van der Waals surface area contributed by atoms with Gasteiger partial charge in [0.05, 0.1) is 12.2 Å². The maximum atomic E-state index is 13.8. The zero-order chi connectivity index (χ0) is 20.3. The third kappa shape index (κ3) is 3.83. The number of fused-ring (bicyclic) bond motifs is 1. The van der Waals surface area contributed by atoms with Gasteiger partial charge in [-0.1, -0.05) is 24.3 Å². The summed E-state index contributed by atoms with van der Waals surface area (Å²) in [5.74, 6) is 0.496. The van der Waals surface area contributed by atoms with Crippen LogP contribution in [0.1, 0.15) is 22.9 Å². The van der Waals surface area contributed by atoms with Gasteiger partial charge in [0.15, 0.2) is 0 Å². The Balaban J connectivity index is 1.45. The minimum atomic E-state index is -0.178. The van der Waals surface area contributed by atoms with Crippen molar-refractivity contribution < 1.29 is 4.39 Å². The number of hydrogen-bond donors (Lipinski definition) is 0. The number of aromatic nitrogens is 3. The highest BCUT2D eigenvalue weighted by Gasteiger charge is 2.24. The predicted molar refractivity (Wildman–Crippen MR) is 118 cm³/mol. The summed E-state index contributed by atoms with van der Waals surface area (Å²) in [6.45, 7) is 1.63. The third-order valence-corrected chi connectivity index (χ3v) is 6.70. The quantitative estimate of drug-likeness (QED) is 0.430. The Labute approximate surface area is 179 Å². The van der Waals surface area contributed by atoms with Crippen molar-refractivity contribution in [1.29, 1.82) is 0 Å². The second kappa shape index (κ2) is 8.32. The smallest absolute Gasteiger partial charge is 0.233 e. The van der Waals surface area contributed by atoms with Crippen LogP contribution in [0, 0.1) is 5.82 Å². The van der Waals surface area contributed by atoms with Gasteiger partial charge < -0.3 is 4.90 Å². The van der Waals surface area contributed by atoms with Gasteiger partial charge in [0.2, 0.25) is 5.95 Å². The van der Waals surface area contributed by atoms with Crippen molar-refractivity contribution in [3.05, 3.63) is 102 Å². The number of nitrogens with zero attached hydrogens (tertiary/aromatic N) is 4. The molecular formula is C24H21FN4S. The van der Waals surface area contributed by atoms with Crippen molar-refractivity contribution in [3.8, 4) is 5.95 Å². The van der Waals surface area contributed by atoms with Gasteiger partial charge in [-0.2, -0.15) is 0 Å². The van der Waals surface area contributed by atoms with E-state index in [-0.39, 0.29) is 11.1 Å². The molecule has 3 heterocycles. The molecule has 0 bridgehead atoms. The molecule has 150 valence electrons. The molecular weight excluding hydrogens is 395 g/mol. The molecule has 0 fully saturated rings. The molecule has 1 unspecified atom stereocenters. The van der Waals surface area contributed by atoms with Crippen LogP contribution in [0.2, 0.25) is 0 Å². The van der Waals surface area contributed by atoms with Gasteiger partial charge in [-0.3, -0.25) is 4.57 Å². The standard InChI is InChI=1S/C24H21FN4S/c25-19-7-3-6-18(16-19)22-11-15-28(21-9-1-2-10-23(21)30-22)17-20-8-4-14-29(20)24-26-12-5-13-27-24/h1-10,12-14,16,22H,11,15,17H2. The maximum Gasteiger partial charge on any atom is 0.233 e. The van der Waals surface area contributed by atoms with E-state index in [1.54, 1.807) is 24.5 Å². The summed E-state index contributed by atoms with van der Waals surface area (Å²) in [6.07, 6.45) is 6.45. The first-order valence-corrected chi connectivity index (χ1v) is 10.9. The topological polar surface area (TPSA) is 34.0 Å². The maximum absolute atomic E-state index is 13.8. The lowest BCUT2D eigenvalue weighted by Crippen LogP contribution is -2.25. The van der Waals surface area contributed by atoms with Crippen molar-refractivity contribution in [2.24, 2.45) is 0 Å².